The molecule has 0 saturated carbocycles. The molecule has 2 aromatic rings. The average Bonchev–Trinajstić information content (AvgIpc) is 2.64. The topological polar surface area (TPSA) is 78.8 Å². The molecule has 0 aliphatic carbocycles. The minimum Gasteiger partial charge on any atom is -0.309 e. The van der Waals surface area contributed by atoms with Crippen LogP contribution in [0.25, 0.3) is 0 Å². The number of hydrogen-bond donors (Lipinski definition) is 1. The number of benzene rings is 2. The Morgan fingerprint density at radius 1 is 1.04 bits per heavy atom. The second-order valence-corrected chi connectivity index (χ2v) is 10.4. The fourth-order valence-electron chi connectivity index (χ4n) is 3.39. The van der Waals surface area contributed by atoms with Gasteiger partial charge < -0.3 is 5.32 Å². The molecule has 0 radical (unpaired) electrons. The molecule has 1 heterocycles. The zero-order valence-electron chi connectivity index (χ0n) is 16.5. The predicted molar refractivity (Wildman–Crippen MR) is 113 cm³/mol. The highest BCUT2D eigenvalue weighted by Crippen LogP contribution is 2.38. The third-order valence-corrected chi connectivity index (χ3v) is 7.97. The van der Waals surface area contributed by atoms with Crippen molar-refractivity contribution in [3.8, 4) is 0 Å². The summed E-state index contributed by atoms with van der Waals surface area (Å²) in [6.07, 6.45) is 0. The number of hydrogen-bond acceptors (Lipinski definition) is 6. The number of piperazine rings is 1. The highest BCUT2D eigenvalue weighted by Gasteiger charge is 2.33. The maximum absolute atomic E-state index is 13.5. The summed E-state index contributed by atoms with van der Waals surface area (Å²) in [5, 5.41) is 6.29. The maximum atomic E-state index is 13.5. The van der Waals surface area contributed by atoms with Gasteiger partial charge >= 0.3 is 0 Å². The number of aryl methyl sites for hydroxylation is 2. The van der Waals surface area contributed by atoms with E-state index >= 15 is 0 Å². The first-order chi connectivity index (χ1) is 13.2. The quantitative estimate of drug-likeness (QED) is 0.734. The van der Waals surface area contributed by atoms with Crippen molar-refractivity contribution in [3.63, 3.8) is 0 Å². The van der Waals surface area contributed by atoms with Crippen LogP contribution in [0.5, 0.6) is 0 Å². The molecule has 0 aromatic heterocycles. The normalized spacial score (nSPS) is 20.9. The van der Waals surface area contributed by atoms with E-state index in [0.29, 0.717) is 18.0 Å². The van der Waals surface area contributed by atoms with Crippen LogP contribution in [0.4, 0.5) is 5.69 Å². The van der Waals surface area contributed by atoms with Crippen LogP contribution in [0.2, 0.25) is 0 Å². The van der Waals surface area contributed by atoms with Crippen molar-refractivity contribution < 1.29 is 8.42 Å². The van der Waals surface area contributed by atoms with Crippen LogP contribution < -0.4 is 5.32 Å². The summed E-state index contributed by atoms with van der Waals surface area (Å²) in [6, 6.07) is 10.8. The first kappa shape index (κ1) is 21.0. The Kier molecular flexibility index (Phi) is 6.24. The Balaban J connectivity index is 2.06. The highest BCUT2D eigenvalue weighted by atomic mass is 32.2. The van der Waals surface area contributed by atoms with Crippen molar-refractivity contribution in [1.82, 2.24) is 9.62 Å². The molecule has 1 N–H and O–H groups in total. The van der Waals surface area contributed by atoms with Crippen LogP contribution in [0.1, 0.15) is 25.0 Å². The lowest BCUT2D eigenvalue weighted by Gasteiger charge is -2.35. The Morgan fingerprint density at radius 2 is 1.71 bits per heavy atom. The molecule has 0 spiro atoms. The number of nitrogens with one attached hydrogen (secondary N) is 1. The molecule has 1 saturated heterocycles. The molecule has 6 nitrogen and oxygen atoms in total. The van der Waals surface area contributed by atoms with Gasteiger partial charge in [-0.15, -0.1) is 4.91 Å². The van der Waals surface area contributed by atoms with Gasteiger partial charge in [0.25, 0.3) is 0 Å². The molecule has 28 heavy (non-hydrogen) atoms. The minimum atomic E-state index is -3.76. The Bertz CT molecular complexity index is 982. The van der Waals surface area contributed by atoms with Gasteiger partial charge in [0.1, 0.15) is 5.69 Å². The molecule has 0 bridgehead atoms. The fraction of sp³-hybridized carbons (Fsp3) is 0.400. The van der Waals surface area contributed by atoms with E-state index < -0.39 is 10.0 Å². The van der Waals surface area contributed by atoms with Crippen LogP contribution in [0.15, 0.2) is 56.3 Å². The molecule has 150 valence electrons. The molecular weight excluding hydrogens is 394 g/mol. The van der Waals surface area contributed by atoms with Gasteiger partial charge in [0.05, 0.1) is 4.90 Å². The number of rotatable bonds is 5. The van der Waals surface area contributed by atoms with Gasteiger partial charge in [0.2, 0.25) is 10.0 Å². The summed E-state index contributed by atoms with van der Waals surface area (Å²) in [7, 11) is -3.76. The van der Waals surface area contributed by atoms with E-state index in [4.69, 9.17) is 0 Å². The first-order valence-corrected chi connectivity index (χ1v) is 11.4. The molecule has 2 unspecified atom stereocenters. The maximum Gasteiger partial charge on any atom is 0.244 e. The van der Waals surface area contributed by atoms with Crippen LogP contribution in [0, 0.1) is 18.8 Å². The van der Waals surface area contributed by atoms with Gasteiger partial charge in [-0.3, -0.25) is 0 Å². The number of sulfonamides is 1. The van der Waals surface area contributed by atoms with E-state index in [1.54, 1.807) is 12.1 Å². The largest absolute Gasteiger partial charge is 0.309 e. The SMILES string of the molecule is Cc1ccc(C)c(Sc2ccc(N=O)cc2S(=O)(=O)N2CC(C)NC(C)C2)c1. The van der Waals surface area contributed by atoms with Crippen molar-refractivity contribution in [2.75, 3.05) is 13.1 Å². The van der Waals surface area contributed by atoms with Crippen molar-refractivity contribution in [2.45, 2.75) is 54.5 Å². The monoisotopic (exact) mass is 419 g/mol. The highest BCUT2D eigenvalue weighted by molar-refractivity contribution is 8.00. The van der Waals surface area contributed by atoms with Gasteiger partial charge in [-0.05, 0) is 68.3 Å². The predicted octanol–water partition coefficient (Wildman–Crippen LogP) is 4.22. The molecular formula is C20H25N3O3S2. The van der Waals surface area contributed by atoms with Gasteiger partial charge in [0.15, 0.2) is 0 Å². The summed E-state index contributed by atoms with van der Waals surface area (Å²) >= 11 is 1.40. The molecule has 8 heteroatoms. The van der Waals surface area contributed by atoms with E-state index in [1.165, 1.54) is 22.1 Å². The Hall–Kier alpha value is -1.74. The number of nitroso groups, excluding NO2 is 1. The molecule has 2 aromatic carbocycles. The molecule has 1 aliphatic heterocycles. The smallest absolute Gasteiger partial charge is 0.244 e. The third kappa shape index (κ3) is 4.46. The van der Waals surface area contributed by atoms with E-state index in [0.717, 1.165) is 16.0 Å². The van der Waals surface area contributed by atoms with Crippen LogP contribution in [-0.2, 0) is 10.0 Å². The summed E-state index contributed by atoms with van der Waals surface area (Å²) in [6.45, 7) is 8.71. The lowest BCUT2D eigenvalue weighted by molar-refractivity contribution is 0.262. The van der Waals surface area contributed by atoms with Crippen molar-refractivity contribution in [1.29, 1.82) is 0 Å². The second kappa shape index (κ2) is 8.32. The van der Waals surface area contributed by atoms with Crippen molar-refractivity contribution in [2.24, 2.45) is 5.18 Å². The Morgan fingerprint density at radius 3 is 2.36 bits per heavy atom. The molecule has 0 amide bonds. The Labute approximate surface area is 170 Å². The molecule has 2 atom stereocenters. The van der Waals surface area contributed by atoms with Crippen LogP contribution in [0.3, 0.4) is 0 Å². The summed E-state index contributed by atoms with van der Waals surface area (Å²) in [5.74, 6) is 0. The summed E-state index contributed by atoms with van der Waals surface area (Å²) in [4.78, 5) is 12.8. The third-order valence-electron chi connectivity index (χ3n) is 4.74. The zero-order valence-corrected chi connectivity index (χ0v) is 18.1. The van der Waals surface area contributed by atoms with Gasteiger partial charge in [-0.25, -0.2) is 8.42 Å². The second-order valence-electron chi connectivity index (χ2n) is 7.38. The fourth-order valence-corrected chi connectivity index (χ4v) is 6.54. The standard InChI is InChI=1S/C20H25N3O3S2/c1-13-5-6-14(2)19(9-13)27-18-8-7-17(22-24)10-20(18)28(25,26)23-11-15(3)21-16(4)12-23/h5-10,15-16,21H,11-12H2,1-4H3. The zero-order chi connectivity index (χ0) is 20.5. The van der Waals surface area contributed by atoms with Crippen LogP contribution >= 0.6 is 11.8 Å². The van der Waals surface area contributed by atoms with Gasteiger partial charge in [-0.1, -0.05) is 23.9 Å². The van der Waals surface area contributed by atoms with E-state index in [1.807, 2.05) is 45.9 Å². The molecule has 1 aliphatic rings. The van der Waals surface area contributed by atoms with E-state index in [9.17, 15) is 13.3 Å². The summed E-state index contributed by atoms with van der Waals surface area (Å²) in [5.41, 5.74) is 2.29. The number of nitrogens with zero attached hydrogens (tertiary/aromatic N) is 2. The van der Waals surface area contributed by atoms with E-state index in [-0.39, 0.29) is 22.7 Å². The van der Waals surface area contributed by atoms with Crippen LogP contribution in [-0.4, -0.2) is 37.9 Å². The minimum absolute atomic E-state index is 0.0565. The molecule has 1 fully saturated rings. The first-order valence-electron chi connectivity index (χ1n) is 9.19. The lowest BCUT2D eigenvalue weighted by Crippen LogP contribution is -2.55. The lowest BCUT2D eigenvalue weighted by atomic mass is 10.2. The average molecular weight is 420 g/mol. The van der Waals surface area contributed by atoms with Gasteiger partial charge in [0, 0.05) is 35.0 Å². The van der Waals surface area contributed by atoms with Gasteiger partial charge in [-0.2, -0.15) is 4.31 Å². The molecule has 3 rings (SSSR count). The van der Waals surface area contributed by atoms with E-state index in [2.05, 4.69) is 10.5 Å². The summed E-state index contributed by atoms with van der Waals surface area (Å²) < 4.78 is 28.4. The van der Waals surface area contributed by atoms with Crippen molar-refractivity contribution >= 4 is 27.5 Å². The van der Waals surface area contributed by atoms with Crippen molar-refractivity contribution in [3.05, 3.63) is 52.4 Å².